The maximum atomic E-state index is 3.06. The molecule has 0 atom stereocenters. The predicted molar refractivity (Wildman–Crippen MR) is 228 cm³/mol. The van der Waals surface area contributed by atoms with Gasteiger partial charge in [-0.1, -0.05) is 156 Å². The van der Waals surface area contributed by atoms with E-state index < -0.39 is 0 Å². The molecule has 0 bridgehead atoms. The second-order valence-electron chi connectivity index (χ2n) is 13.1. The molecule has 10 aromatic carbocycles. The third kappa shape index (κ3) is 6.86. The van der Waals surface area contributed by atoms with Crippen molar-refractivity contribution in [1.29, 1.82) is 0 Å². The zero-order chi connectivity index (χ0) is 34.2. The SMILES string of the molecule is Cc1cc(-c2cc3ccccc3[cH-]2)c2c(ccc3ccccc32)c1.Cc1cc(-c2cc3ccccc3[cH-]2)c2c(ccc3ccccc32)c1.[CH3-].[CH3-].[Si]=[Zr]. The summed E-state index contributed by atoms with van der Waals surface area (Å²) in [5.74, 6) is 0. The van der Waals surface area contributed by atoms with Crippen LogP contribution in [0.2, 0.25) is 0 Å². The summed E-state index contributed by atoms with van der Waals surface area (Å²) in [6.45, 7) is 7.42. The van der Waals surface area contributed by atoms with Gasteiger partial charge in [0.2, 0.25) is 0 Å². The summed E-state index contributed by atoms with van der Waals surface area (Å²) < 4.78 is 0. The number of hydrogen-bond donors (Lipinski definition) is 0. The van der Waals surface area contributed by atoms with Crippen molar-refractivity contribution in [2.75, 3.05) is 0 Å². The molecule has 0 fully saturated rings. The quantitative estimate of drug-likeness (QED) is 0.0935. The van der Waals surface area contributed by atoms with Crippen LogP contribution in [0.15, 0.2) is 170 Å². The number of benzene rings is 8. The molecule has 52 heavy (non-hydrogen) atoms. The van der Waals surface area contributed by atoms with E-state index in [-0.39, 0.29) is 14.9 Å². The monoisotopic (exact) mass is 758 g/mol. The number of fused-ring (bicyclic) bond motifs is 8. The summed E-state index contributed by atoms with van der Waals surface area (Å²) in [7, 11) is 0. The van der Waals surface area contributed by atoms with Gasteiger partial charge in [-0.25, -0.2) is 0 Å². The summed E-state index contributed by atoms with van der Waals surface area (Å²) in [4.78, 5) is 0. The van der Waals surface area contributed by atoms with Crippen molar-refractivity contribution in [2.24, 2.45) is 0 Å². The molecule has 0 amide bonds. The molecule has 0 aliphatic carbocycles. The molecule has 252 valence electrons. The van der Waals surface area contributed by atoms with Crippen molar-refractivity contribution >= 4 is 71.5 Å². The normalized spacial score (nSPS) is 10.7. The van der Waals surface area contributed by atoms with Gasteiger partial charge < -0.3 is 14.9 Å². The van der Waals surface area contributed by atoms with Crippen LogP contribution < -0.4 is 0 Å². The van der Waals surface area contributed by atoms with Gasteiger partial charge in [-0.15, -0.1) is 69.1 Å². The number of rotatable bonds is 2. The van der Waals surface area contributed by atoms with Crippen LogP contribution in [0.4, 0.5) is 0 Å². The Morgan fingerprint density at radius 3 is 1.13 bits per heavy atom. The summed E-state index contributed by atoms with van der Waals surface area (Å²) in [5, 5.41) is 15.8. The molecular weight excluding hydrogens is 720 g/mol. The molecule has 0 heterocycles. The third-order valence-corrected chi connectivity index (χ3v) is 9.83. The van der Waals surface area contributed by atoms with Crippen molar-refractivity contribution in [2.45, 2.75) is 13.8 Å². The van der Waals surface area contributed by atoms with Crippen LogP contribution in [-0.4, -0.2) is 6.88 Å². The molecule has 2 radical (unpaired) electrons. The van der Waals surface area contributed by atoms with Crippen LogP contribution in [0.3, 0.4) is 0 Å². The Balaban J connectivity index is 0.000000164. The first-order chi connectivity index (χ1) is 24.6. The van der Waals surface area contributed by atoms with Gasteiger partial charge in [-0.05, 0) is 56.9 Å². The van der Waals surface area contributed by atoms with E-state index in [2.05, 4.69) is 191 Å². The molecular formula is C50H40SiZr-4. The van der Waals surface area contributed by atoms with E-state index in [0.717, 1.165) is 0 Å². The molecule has 0 nitrogen and oxygen atoms in total. The molecule has 0 N–H and O–H groups in total. The van der Waals surface area contributed by atoms with E-state index in [9.17, 15) is 0 Å². The van der Waals surface area contributed by atoms with E-state index in [1.54, 1.807) is 0 Å². The van der Waals surface area contributed by atoms with Gasteiger partial charge in [-0.3, -0.25) is 0 Å². The van der Waals surface area contributed by atoms with Crippen LogP contribution in [-0.2, 0) is 23.3 Å². The molecule has 10 aromatic rings. The van der Waals surface area contributed by atoms with Crippen molar-refractivity contribution in [3.05, 3.63) is 196 Å². The summed E-state index contributed by atoms with van der Waals surface area (Å²) in [6.07, 6.45) is 0. The van der Waals surface area contributed by atoms with Crippen molar-refractivity contribution in [1.82, 2.24) is 0 Å². The Kier molecular flexibility index (Phi) is 11.2. The minimum absolute atomic E-state index is 0. The van der Waals surface area contributed by atoms with Gasteiger partial charge >= 0.3 is 30.2 Å². The van der Waals surface area contributed by atoms with E-state index in [1.165, 1.54) is 121 Å². The Morgan fingerprint density at radius 1 is 0.385 bits per heavy atom. The first kappa shape index (κ1) is 36.9. The third-order valence-electron chi connectivity index (χ3n) is 9.83. The summed E-state index contributed by atoms with van der Waals surface area (Å²) in [6, 6.07) is 61.9. The average molecular weight is 760 g/mol. The van der Waals surface area contributed by atoms with Crippen molar-refractivity contribution < 1.29 is 23.3 Å². The summed E-state index contributed by atoms with van der Waals surface area (Å²) >= 11 is 1.36. The fourth-order valence-electron chi connectivity index (χ4n) is 7.66. The minimum atomic E-state index is 0. The molecule has 0 aromatic heterocycles. The second-order valence-corrected chi connectivity index (χ2v) is 13.1. The zero-order valence-electron chi connectivity index (χ0n) is 30.2. The van der Waals surface area contributed by atoms with Gasteiger partial charge in [0.25, 0.3) is 0 Å². The van der Waals surface area contributed by atoms with Crippen LogP contribution in [0.1, 0.15) is 11.1 Å². The van der Waals surface area contributed by atoms with Gasteiger partial charge in [-0.2, -0.15) is 0 Å². The molecule has 0 aliphatic rings. The number of aryl methyl sites for hydroxylation is 2. The van der Waals surface area contributed by atoms with Gasteiger partial charge in [0.1, 0.15) is 0 Å². The van der Waals surface area contributed by atoms with E-state index in [0.29, 0.717) is 0 Å². The molecule has 0 saturated heterocycles. The van der Waals surface area contributed by atoms with Gasteiger partial charge in [0.15, 0.2) is 0 Å². The molecule has 0 spiro atoms. The zero-order valence-corrected chi connectivity index (χ0v) is 33.6. The first-order valence-electron chi connectivity index (χ1n) is 17.0. The van der Waals surface area contributed by atoms with Crippen molar-refractivity contribution in [3.63, 3.8) is 0 Å². The Morgan fingerprint density at radius 2 is 0.731 bits per heavy atom. The number of hydrogen-bond acceptors (Lipinski definition) is 0. The second kappa shape index (κ2) is 15.8. The first-order valence-corrected chi connectivity index (χ1v) is 21.2. The van der Waals surface area contributed by atoms with Crippen LogP contribution in [0, 0.1) is 28.7 Å². The van der Waals surface area contributed by atoms with E-state index in [1.807, 2.05) is 0 Å². The molecule has 10 rings (SSSR count). The fraction of sp³-hybridized carbons (Fsp3) is 0.0400. The maximum absolute atomic E-state index is 3.06. The van der Waals surface area contributed by atoms with Crippen molar-refractivity contribution in [3.8, 4) is 22.3 Å². The standard InChI is InChI=1S/2C24H17.2CH3.Si.Zr/c2*1-16-12-20-11-10-17-6-4-5-9-22(17)24(20)23(13-16)21-14-18-7-2-3-8-19(18)15-21;;;;/h2*2-15H,1H3;2*1H3;;/q4*-1;;. The van der Waals surface area contributed by atoms with E-state index in [4.69, 9.17) is 0 Å². The van der Waals surface area contributed by atoms with E-state index >= 15 is 0 Å². The molecule has 2 heteroatoms. The molecule has 0 aliphatic heterocycles. The average Bonchev–Trinajstić information content (AvgIpc) is 3.80. The Hall–Kier alpha value is -4.88. The van der Waals surface area contributed by atoms with Gasteiger partial charge in [0, 0.05) is 0 Å². The molecule has 0 unspecified atom stereocenters. The topological polar surface area (TPSA) is 0 Å². The fourth-order valence-corrected chi connectivity index (χ4v) is 7.66. The summed E-state index contributed by atoms with van der Waals surface area (Å²) in [5.41, 5.74) is 7.88. The van der Waals surface area contributed by atoms with Crippen LogP contribution in [0.5, 0.6) is 0 Å². The predicted octanol–water partition coefficient (Wildman–Crippen LogP) is 14.2. The molecule has 0 saturated carbocycles. The van der Waals surface area contributed by atoms with Gasteiger partial charge in [0.05, 0.1) is 0 Å². The van der Waals surface area contributed by atoms with Crippen LogP contribution in [0.25, 0.3) is 86.9 Å². The Bertz CT molecular complexity index is 2570. The Labute approximate surface area is 324 Å². The van der Waals surface area contributed by atoms with Crippen LogP contribution >= 0.6 is 0 Å².